The van der Waals surface area contributed by atoms with Gasteiger partial charge in [-0.05, 0) is 30.5 Å². The van der Waals surface area contributed by atoms with Gasteiger partial charge in [0.1, 0.15) is 5.75 Å². The van der Waals surface area contributed by atoms with Gasteiger partial charge in [0.25, 0.3) is 0 Å². The molecule has 2 rings (SSSR count). The topological polar surface area (TPSA) is 69.7 Å². The molecule has 0 N–H and O–H groups in total. The third-order valence-corrected chi connectivity index (χ3v) is 6.13. The Hall–Kier alpha value is -1.56. The normalized spacial score (nSPS) is 16.2. The largest absolute Gasteiger partial charge is 0.482 e. The zero-order valence-electron chi connectivity index (χ0n) is 12.8. The van der Waals surface area contributed by atoms with E-state index >= 15 is 0 Å². The maximum atomic E-state index is 12.5. The van der Waals surface area contributed by atoms with E-state index in [4.69, 9.17) is 4.74 Å². The fourth-order valence-electron chi connectivity index (χ4n) is 2.70. The van der Waals surface area contributed by atoms with Gasteiger partial charge < -0.3 is 9.47 Å². The Kier molecular flexibility index (Phi) is 5.83. The van der Waals surface area contributed by atoms with Crippen LogP contribution in [0.1, 0.15) is 37.7 Å². The van der Waals surface area contributed by atoms with Gasteiger partial charge >= 0.3 is 5.97 Å². The molecule has 0 atom stereocenters. The van der Waals surface area contributed by atoms with Crippen LogP contribution in [0.25, 0.3) is 0 Å². The maximum Gasteiger partial charge on any atom is 0.343 e. The fourth-order valence-corrected chi connectivity index (χ4v) is 4.63. The molecule has 1 fully saturated rings. The van der Waals surface area contributed by atoms with Crippen LogP contribution in [0.5, 0.6) is 5.75 Å². The molecule has 0 bridgehead atoms. The van der Waals surface area contributed by atoms with Gasteiger partial charge in [0, 0.05) is 0 Å². The molecule has 0 unspecified atom stereocenters. The van der Waals surface area contributed by atoms with Crippen molar-refractivity contribution >= 4 is 15.8 Å². The molecule has 0 aromatic heterocycles. The smallest absolute Gasteiger partial charge is 0.343 e. The molecule has 0 spiro atoms. The van der Waals surface area contributed by atoms with Crippen LogP contribution < -0.4 is 4.74 Å². The number of esters is 1. The van der Waals surface area contributed by atoms with Gasteiger partial charge in [-0.1, -0.05) is 31.4 Å². The predicted molar refractivity (Wildman–Crippen MR) is 83.4 cm³/mol. The van der Waals surface area contributed by atoms with Gasteiger partial charge in [-0.2, -0.15) is 0 Å². The van der Waals surface area contributed by atoms with E-state index < -0.39 is 15.8 Å². The van der Waals surface area contributed by atoms with E-state index in [0.717, 1.165) is 32.1 Å². The standard InChI is InChI=1S/C16H22O5S/c1-20-16(17)11-21-14-7-5-6-13(10-14)12-22(18,19)15-8-3-2-4-9-15/h5-7,10,15H,2-4,8-9,11-12H2,1H3. The van der Waals surface area contributed by atoms with Crippen molar-refractivity contribution < 1.29 is 22.7 Å². The Bertz CT molecular complexity index is 603. The van der Waals surface area contributed by atoms with Gasteiger partial charge in [0.15, 0.2) is 16.4 Å². The summed E-state index contributed by atoms with van der Waals surface area (Å²) in [4.78, 5) is 11.1. The minimum absolute atomic E-state index is 0.0209. The first kappa shape index (κ1) is 16.8. The molecule has 0 heterocycles. The quantitative estimate of drug-likeness (QED) is 0.751. The van der Waals surface area contributed by atoms with E-state index in [2.05, 4.69) is 4.74 Å². The van der Waals surface area contributed by atoms with Crippen molar-refractivity contribution in [3.05, 3.63) is 29.8 Å². The number of rotatable bonds is 6. The van der Waals surface area contributed by atoms with E-state index in [1.807, 2.05) is 0 Å². The summed E-state index contributed by atoms with van der Waals surface area (Å²) in [6.07, 6.45) is 4.64. The van der Waals surface area contributed by atoms with Gasteiger partial charge in [-0.15, -0.1) is 0 Å². The van der Waals surface area contributed by atoms with Crippen LogP contribution in [0.3, 0.4) is 0 Å². The Morgan fingerprint density at radius 1 is 1.23 bits per heavy atom. The van der Waals surface area contributed by atoms with Crippen molar-refractivity contribution in [1.29, 1.82) is 0 Å². The summed E-state index contributed by atoms with van der Waals surface area (Å²) in [6, 6.07) is 6.87. The van der Waals surface area contributed by atoms with Crippen LogP contribution in [0.15, 0.2) is 24.3 Å². The molecule has 0 saturated heterocycles. The van der Waals surface area contributed by atoms with Gasteiger partial charge in [-0.3, -0.25) is 0 Å². The second-order valence-corrected chi connectivity index (χ2v) is 7.86. The minimum Gasteiger partial charge on any atom is -0.482 e. The molecule has 0 amide bonds. The van der Waals surface area contributed by atoms with E-state index in [1.54, 1.807) is 24.3 Å². The first-order chi connectivity index (χ1) is 10.5. The Morgan fingerprint density at radius 3 is 2.64 bits per heavy atom. The average molecular weight is 326 g/mol. The zero-order valence-corrected chi connectivity index (χ0v) is 13.6. The predicted octanol–water partition coefficient (Wildman–Crippen LogP) is 2.49. The fraction of sp³-hybridized carbons (Fsp3) is 0.562. The lowest BCUT2D eigenvalue weighted by molar-refractivity contribution is -0.142. The number of methoxy groups -OCH3 is 1. The SMILES string of the molecule is COC(=O)COc1cccc(CS(=O)(=O)C2CCCCC2)c1. The molecular formula is C16H22O5S. The van der Waals surface area contributed by atoms with Crippen LogP contribution in [0.2, 0.25) is 0 Å². The molecule has 1 aliphatic rings. The van der Waals surface area contributed by atoms with Crippen LogP contribution in [-0.2, 0) is 25.1 Å². The number of ether oxygens (including phenoxy) is 2. The van der Waals surface area contributed by atoms with E-state index in [-0.39, 0.29) is 17.6 Å². The monoisotopic (exact) mass is 326 g/mol. The molecule has 1 aromatic carbocycles. The molecule has 6 heteroatoms. The summed E-state index contributed by atoms with van der Waals surface area (Å²) >= 11 is 0. The highest BCUT2D eigenvalue weighted by molar-refractivity contribution is 7.91. The van der Waals surface area contributed by atoms with E-state index in [1.165, 1.54) is 7.11 Å². The van der Waals surface area contributed by atoms with Crippen molar-refractivity contribution in [1.82, 2.24) is 0 Å². The maximum absolute atomic E-state index is 12.5. The van der Waals surface area contributed by atoms with Gasteiger partial charge in [-0.25, -0.2) is 13.2 Å². The number of hydrogen-bond acceptors (Lipinski definition) is 5. The third kappa shape index (κ3) is 4.73. The molecule has 1 aliphatic carbocycles. The lowest BCUT2D eigenvalue weighted by atomic mass is 10.0. The first-order valence-corrected chi connectivity index (χ1v) is 9.23. The van der Waals surface area contributed by atoms with Crippen LogP contribution in [0, 0.1) is 0 Å². The summed E-state index contributed by atoms with van der Waals surface area (Å²) in [7, 11) is -1.85. The van der Waals surface area contributed by atoms with Gasteiger partial charge in [0.2, 0.25) is 0 Å². The lowest BCUT2D eigenvalue weighted by Gasteiger charge is -2.21. The van der Waals surface area contributed by atoms with Crippen LogP contribution in [0.4, 0.5) is 0 Å². The highest BCUT2D eigenvalue weighted by Crippen LogP contribution is 2.26. The number of hydrogen-bond donors (Lipinski definition) is 0. The summed E-state index contributed by atoms with van der Waals surface area (Å²) in [5.74, 6) is 0.0228. The summed E-state index contributed by atoms with van der Waals surface area (Å²) < 4.78 is 34.7. The molecule has 122 valence electrons. The Balaban J connectivity index is 2.01. The zero-order chi connectivity index (χ0) is 16.0. The van der Waals surface area contributed by atoms with Crippen molar-refractivity contribution in [2.24, 2.45) is 0 Å². The number of benzene rings is 1. The molecule has 1 saturated carbocycles. The van der Waals surface area contributed by atoms with Gasteiger partial charge in [0.05, 0.1) is 18.1 Å². The number of carbonyl (C=O) groups is 1. The van der Waals surface area contributed by atoms with Crippen LogP contribution in [-0.4, -0.2) is 33.4 Å². The van der Waals surface area contributed by atoms with E-state index in [9.17, 15) is 13.2 Å². The number of carbonyl (C=O) groups excluding carboxylic acids is 1. The minimum atomic E-state index is -3.14. The number of sulfone groups is 1. The van der Waals surface area contributed by atoms with Crippen molar-refractivity contribution in [2.75, 3.05) is 13.7 Å². The van der Waals surface area contributed by atoms with E-state index in [0.29, 0.717) is 11.3 Å². The molecule has 5 nitrogen and oxygen atoms in total. The van der Waals surface area contributed by atoms with Crippen molar-refractivity contribution in [2.45, 2.75) is 43.1 Å². The van der Waals surface area contributed by atoms with Crippen LogP contribution >= 0.6 is 0 Å². The Labute approximate surface area is 131 Å². The Morgan fingerprint density at radius 2 is 1.95 bits per heavy atom. The molecule has 0 aliphatic heterocycles. The molecule has 0 radical (unpaired) electrons. The molecular weight excluding hydrogens is 304 g/mol. The lowest BCUT2D eigenvalue weighted by Crippen LogP contribution is -2.25. The summed E-state index contributed by atoms with van der Waals surface area (Å²) in [6.45, 7) is -0.185. The highest BCUT2D eigenvalue weighted by Gasteiger charge is 2.27. The second kappa shape index (κ2) is 7.63. The first-order valence-electron chi connectivity index (χ1n) is 7.51. The third-order valence-electron chi connectivity index (χ3n) is 3.91. The average Bonchev–Trinajstić information content (AvgIpc) is 2.53. The van der Waals surface area contributed by atoms with Crippen molar-refractivity contribution in [3.8, 4) is 5.75 Å². The highest BCUT2D eigenvalue weighted by atomic mass is 32.2. The van der Waals surface area contributed by atoms with Crippen molar-refractivity contribution in [3.63, 3.8) is 0 Å². The second-order valence-electron chi connectivity index (χ2n) is 5.58. The molecule has 22 heavy (non-hydrogen) atoms. The summed E-state index contributed by atoms with van der Waals surface area (Å²) in [5.41, 5.74) is 0.688. The molecule has 1 aromatic rings. The summed E-state index contributed by atoms with van der Waals surface area (Å²) in [5, 5.41) is -0.221.